The number of rotatable bonds is 1. The second-order valence-corrected chi connectivity index (χ2v) is 4.13. The van der Waals surface area contributed by atoms with Gasteiger partial charge in [0.05, 0.1) is 15.7 Å². The van der Waals surface area contributed by atoms with Crippen LogP contribution in [0.2, 0.25) is 10.0 Å². The lowest BCUT2D eigenvalue weighted by Crippen LogP contribution is -1.93. The predicted octanol–water partition coefficient (Wildman–Crippen LogP) is 3.61. The third-order valence-corrected chi connectivity index (χ3v) is 2.62. The first-order valence-electron chi connectivity index (χ1n) is 3.96. The van der Waals surface area contributed by atoms with Crippen molar-refractivity contribution in [1.29, 1.82) is 0 Å². The predicted molar refractivity (Wildman–Crippen MR) is 60.8 cm³/mol. The smallest absolute Gasteiger partial charge is 0.126 e. The summed E-state index contributed by atoms with van der Waals surface area (Å²) >= 11 is 15.8. The van der Waals surface area contributed by atoms with Gasteiger partial charge in [0, 0.05) is 6.20 Å². The summed E-state index contributed by atoms with van der Waals surface area (Å²) in [6.45, 7) is 0. The number of hydrogen-bond donors (Lipinski definition) is 1. The molecule has 6 heteroatoms. The molecule has 1 aromatic heterocycles. The quantitative estimate of drug-likeness (QED) is 0.778. The Bertz CT molecular complexity index is 490. The summed E-state index contributed by atoms with van der Waals surface area (Å²) in [7, 11) is 0. The molecular formula is C9H5Cl2FN2S. The van der Waals surface area contributed by atoms with Crippen molar-refractivity contribution in [3.63, 3.8) is 0 Å². The van der Waals surface area contributed by atoms with Gasteiger partial charge in [-0.25, -0.2) is 9.37 Å². The first kappa shape index (κ1) is 10.8. The van der Waals surface area contributed by atoms with E-state index in [0.29, 0.717) is 10.7 Å². The minimum absolute atomic E-state index is 0.228. The van der Waals surface area contributed by atoms with E-state index in [4.69, 9.17) is 23.2 Å². The van der Waals surface area contributed by atoms with Crippen molar-refractivity contribution in [2.24, 2.45) is 0 Å². The lowest BCUT2D eigenvalue weighted by molar-refractivity contribution is 0.627. The van der Waals surface area contributed by atoms with E-state index in [9.17, 15) is 4.39 Å². The zero-order valence-electron chi connectivity index (χ0n) is 7.28. The normalized spacial score (nSPS) is 10.7. The molecule has 2 nitrogen and oxygen atoms in total. The van der Waals surface area contributed by atoms with Crippen LogP contribution in [0.25, 0.3) is 5.69 Å². The number of halogens is 3. The fourth-order valence-corrected chi connectivity index (χ4v) is 2.05. The fraction of sp³-hybridized carbons (Fsp3) is 0. The Morgan fingerprint density at radius 1 is 1.27 bits per heavy atom. The molecule has 1 heterocycles. The molecule has 0 saturated carbocycles. The van der Waals surface area contributed by atoms with Crippen LogP contribution in [0, 0.1) is 5.82 Å². The Labute approximate surface area is 101 Å². The molecular weight excluding hydrogens is 258 g/mol. The van der Waals surface area contributed by atoms with E-state index in [0.717, 1.165) is 0 Å². The van der Waals surface area contributed by atoms with E-state index in [-0.39, 0.29) is 10.0 Å². The maximum atomic E-state index is 12.9. The van der Waals surface area contributed by atoms with Crippen molar-refractivity contribution in [3.8, 4) is 5.69 Å². The number of imidazole rings is 1. The number of aromatic nitrogens is 2. The molecule has 78 valence electrons. The Balaban J connectivity index is 2.62. The second-order valence-electron chi connectivity index (χ2n) is 2.86. The SMILES string of the molecule is Fc1cc(Cl)c(-n2cnc(S)c2)c(Cl)c1. The molecule has 0 atom stereocenters. The highest BCUT2D eigenvalue weighted by atomic mass is 35.5. The standard InChI is InChI=1S/C9H5Cl2FN2S/c10-6-1-5(12)2-7(11)9(6)14-3-8(15)13-4-14/h1-4,15H. The zero-order chi connectivity index (χ0) is 11.0. The maximum Gasteiger partial charge on any atom is 0.126 e. The lowest BCUT2D eigenvalue weighted by Gasteiger charge is -2.07. The fourth-order valence-electron chi connectivity index (χ4n) is 1.22. The number of benzene rings is 1. The average molecular weight is 263 g/mol. The van der Waals surface area contributed by atoms with E-state index in [1.54, 1.807) is 10.8 Å². The maximum absolute atomic E-state index is 12.9. The van der Waals surface area contributed by atoms with Crippen LogP contribution in [-0.4, -0.2) is 9.55 Å². The topological polar surface area (TPSA) is 17.8 Å². The zero-order valence-corrected chi connectivity index (χ0v) is 9.69. The molecule has 1 aromatic carbocycles. The van der Waals surface area contributed by atoms with Gasteiger partial charge in [-0.05, 0) is 12.1 Å². The molecule has 0 aliphatic rings. The molecule has 0 radical (unpaired) electrons. The summed E-state index contributed by atoms with van der Waals surface area (Å²) in [5, 5.41) is 0.989. The minimum atomic E-state index is -0.472. The molecule has 0 amide bonds. The van der Waals surface area contributed by atoms with Crippen LogP contribution in [0.3, 0.4) is 0 Å². The van der Waals surface area contributed by atoms with Crippen LogP contribution in [0.5, 0.6) is 0 Å². The van der Waals surface area contributed by atoms with E-state index in [1.165, 1.54) is 18.5 Å². The molecule has 0 N–H and O–H groups in total. The van der Waals surface area contributed by atoms with Gasteiger partial charge in [-0.3, -0.25) is 0 Å². The second kappa shape index (κ2) is 4.04. The average Bonchev–Trinajstić information content (AvgIpc) is 2.49. The highest BCUT2D eigenvalue weighted by Gasteiger charge is 2.10. The monoisotopic (exact) mass is 262 g/mol. The van der Waals surface area contributed by atoms with Crippen LogP contribution in [0.4, 0.5) is 4.39 Å². The molecule has 0 bridgehead atoms. The molecule has 0 unspecified atom stereocenters. The van der Waals surface area contributed by atoms with Gasteiger partial charge in [0.25, 0.3) is 0 Å². The van der Waals surface area contributed by atoms with Gasteiger partial charge in [-0.15, -0.1) is 12.6 Å². The van der Waals surface area contributed by atoms with Gasteiger partial charge >= 0.3 is 0 Å². The van der Waals surface area contributed by atoms with E-state index >= 15 is 0 Å². The van der Waals surface area contributed by atoms with Gasteiger partial charge in [0.15, 0.2) is 0 Å². The highest BCUT2D eigenvalue weighted by Crippen LogP contribution is 2.29. The molecule has 0 aliphatic heterocycles. The van der Waals surface area contributed by atoms with Crippen LogP contribution < -0.4 is 0 Å². The summed E-state index contributed by atoms with van der Waals surface area (Å²) in [6.07, 6.45) is 3.14. The Morgan fingerprint density at radius 2 is 1.87 bits per heavy atom. The van der Waals surface area contributed by atoms with Gasteiger partial charge in [0.1, 0.15) is 17.2 Å². The van der Waals surface area contributed by atoms with Crippen molar-refractivity contribution < 1.29 is 4.39 Å². The third kappa shape index (κ3) is 2.12. The van der Waals surface area contributed by atoms with Crippen molar-refractivity contribution in [1.82, 2.24) is 9.55 Å². The highest BCUT2D eigenvalue weighted by molar-refractivity contribution is 7.80. The molecule has 0 saturated heterocycles. The summed E-state index contributed by atoms with van der Waals surface area (Å²) in [4.78, 5) is 3.91. The molecule has 0 spiro atoms. The van der Waals surface area contributed by atoms with Crippen LogP contribution in [0.1, 0.15) is 0 Å². The van der Waals surface area contributed by atoms with Crippen LogP contribution in [-0.2, 0) is 0 Å². The lowest BCUT2D eigenvalue weighted by atomic mass is 10.3. The van der Waals surface area contributed by atoms with Gasteiger partial charge in [-0.1, -0.05) is 23.2 Å². The first-order chi connectivity index (χ1) is 7.08. The van der Waals surface area contributed by atoms with Crippen LogP contribution >= 0.6 is 35.8 Å². The third-order valence-electron chi connectivity index (χ3n) is 1.81. The number of thiol groups is 1. The molecule has 2 rings (SSSR count). The van der Waals surface area contributed by atoms with Gasteiger partial charge in [-0.2, -0.15) is 0 Å². The Kier molecular flexibility index (Phi) is 2.91. The van der Waals surface area contributed by atoms with Crippen molar-refractivity contribution in [2.45, 2.75) is 5.03 Å². The van der Waals surface area contributed by atoms with E-state index in [1.807, 2.05) is 0 Å². The first-order valence-corrected chi connectivity index (χ1v) is 5.16. The van der Waals surface area contributed by atoms with Crippen molar-refractivity contribution in [3.05, 3.63) is 40.5 Å². The summed E-state index contributed by atoms with van der Waals surface area (Å²) < 4.78 is 14.5. The molecule has 0 fully saturated rings. The van der Waals surface area contributed by atoms with Gasteiger partial charge < -0.3 is 4.57 Å². The Morgan fingerprint density at radius 3 is 2.33 bits per heavy atom. The summed E-state index contributed by atoms with van der Waals surface area (Å²) in [5.41, 5.74) is 0.493. The summed E-state index contributed by atoms with van der Waals surface area (Å²) in [5.74, 6) is -0.472. The van der Waals surface area contributed by atoms with Crippen molar-refractivity contribution >= 4 is 35.8 Å². The minimum Gasteiger partial charge on any atom is -0.302 e. The molecule has 2 aromatic rings. The van der Waals surface area contributed by atoms with Crippen molar-refractivity contribution in [2.75, 3.05) is 0 Å². The number of hydrogen-bond acceptors (Lipinski definition) is 2. The largest absolute Gasteiger partial charge is 0.302 e. The molecule has 15 heavy (non-hydrogen) atoms. The molecule has 0 aliphatic carbocycles. The van der Waals surface area contributed by atoms with Crippen LogP contribution in [0.15, 0.2) is 29.7 Å². The van der Waals surface area contributed by atoms with Gasteiger partial charge in [0.2, 0.25) is 0 Å². The van der Waals surface area contributed by atoms with E-state index < -0.39 is 5.82 Å². The Hall–Kier alpha value is -0.710. The van der Waals surface area contributed by atoms with E-state index in [2.05, 4.69) is 17.6 Å². The number of nitrogens with zero attached hydrogens (tertiary/aromatic N) is 2. The summed E-state index contributed by atoms with van der Waals surface area (Å²) in [6, 6.07) is 2.39.